The van der Waals surface area contributed by atoms with E-state index in [0.29, 0.717) is 0 Å². The third kappa shape index (κ3) is 0.173. The first-order chi connectivity index (χ1) is 3.45. The van der Waals surface area contributed by atoms with Gasteiger partial charge in [-0.2, -0.15) is 0 Å². The summed E-state index contributed by atoms with van der Waals surface area (Å²) >= 11 is 0. The third-order valence-corrected chi connectivity index (χ3v) is 3.45. The van der Waals surface area contributed by atoms with Gasteiger partial charge >= 0.3 is 0 Å². The first-order valence-electron chi connectivity index (χ1n) is 3.45. The van der Waals surface area contributed by atoms with Crippen LogP contribution >= 0.6 is 0 Å². The van der Waals surface area contributed by atoms with Crippen LogP contribution in [-0.2, 0) is 0 Å². The van der Waals surface area contributed by atoms with Crippen molar-refractivity contribution in [2.45, 2.75) is 36.7 Å². The van der Waals surface area contributed by atoms with Gasteiger partial charge in [0.25, 0.3) is 0 Å². The molecule has 3 rings (SSSR count). The molecule has 0 saturated carbocycles. The summed E-state index contributed by atoms with van der Waals surface area (Å²) < 4.78 is 0. The molecule has 0 aromatic carbocycles. The Hall–Kier alpha value is 0.0649. The molecule has 0 unspecified atom stereocenters. The van der Waals surface area contributed by atoms with Crippen LogP contribution in [0.1, 0.15) is 19.3 Å². The lowest BCUT2D eigenvalue weighted by Gasteiger charge is -2.66. The van der Waals surface area contributed by atoms with Crippen molar-refractivity contribution in [3.05, 3.63) is 0 Å². The van der Waals surface area contributed by atoms with E-state index < -0.39 is 0 Å². The molecule has 0 aromatic rings. The standard InChI is InChI=1S/C6H9B/c1-4-2-6-3-5(1)7(4)6/h4-6H,1-3H2. The van der Waals surface area contributed by atoms with Crippen LogP contribution in [0.3, 0.4) is 0 Å². The molecule has 7 heavy (non-hydrogen) atoms. The van der Waals surface area contributed by atoms with Crippen molar-refractivity contribution >= 4 is 6.71 Å². The molecule has 1 heteroatoms. The maximum atomic E-state index is 1.61. The molecular weight excluding hydrogens is 82.9 g/mol. The highest BCUT2D eigenvalue weighted by atomic mass is 14.5. The SMILES string of the molecule is C1C2CC3CC1B23. The minimum Gasteiger partial charge on any atom is -0.0625 e. The summed E-state index contributed by atoms with van der Waals surface area (Å²) in [4.78, 5) is 0. The molecule has 3 aliphatic heterocycles. The zero-order valence-corrected chi connectivity index (χ0v) is 4.43. The predicted octanol–water partition coefficient (Wildman–Crippen LogP) is 1.80. The molecule has 0 N–H and O–H groups in total. The van der Waals surface area contributed by atoms with Gasteiger partial charge < -0.3 is 0 Å². The highest BCUT2D eigenvalue weighted by Crippen LogP contribution is 2.73. The fourth-order valence-electron chi connectivity index (χ4n) is 2.97. The van der Waals surface area contributed by atoms with Crippen LogP contribution in [0.2, 0.25) is 17.5 Å². The molecule has 3 heterocycles. The van der Waals surface area contributed by atoms with E-state index in [9.17, 15) is 0 Å². The average Bonchev–Trinajstić information content (AvgIpc) is 1.66. The van der Waals surface area contributed by atoms with Crippen LogP contribution in [0.15, 0.2) is 0 Å². The van der Waals surface area contributed by atoms with Crippen LogP contribution in [0.4, 0.5) is 0 Å². The molecule has 0 aromatic heterocycles. The van der Waals surface area contributed by atoms with E-state index in [0.717, 1.165) is 0 Å². The second kappa shape index (κ2) is 0.686. The van der Waals surface area contributed by atoms with Crippen LogP contribution in [0.5, 0.6) is 0 Å². The lowest BCUT2D eigenvalue weighted by Crippen LogP contribution is -2.60. The normalized spacial score (nSPS) is 61.7. The lowest BCUT2D eigenvalue weighted by atomic mass is 9.01. The zero-order valence-electron chi connectivity index (χ0n) is 4.43. The Labute approximate surface area is 44.4 Å². The Morgan fingerprint density at radius 3 is 1.29 bits per heavy atom. The minimum absolute atomic E-state index is 1.24. The van der Waals surface area contributed by atoms with E-state index in [2.05, 4.69) is 0 Å². The van der Waals surface area contributed by atoms with Crippen molar-refractivity contribution < 1.29 is 0 Å². The van der Waals surface area contributed by atoms with Crippen molar-refractivity contribution in [3.63, 3.8) is 0 Å². The van der Waals surface area contributed by atoms with Crippen molar-refractivity contribution in [1.82, 2.24) is 0 Å². The summed E-state index contributed by atoms with van der Waals surface area (Å²) in [6.45, 7) is 1.28. The highest BCUT2D eigenvalue weighted by molar-refractivity contribution is 6.73. The summed E-state index contributed by atoms with van der Waals surface area (Å²) in [5.41, 5.74) is 0. The number of rotatable bonds is 0. The molecule has 36 valence electrons. The number of hydrogen-bond donors (Lipinski definition) is 0. The Kier molecular flexibility index (Phi) is 0.310. The van der Waals surface area contributed by atoms with Crippen LogP contribution < -0.4 is 0 Å². The Balaban J connectivity index is 2.00. The van der Waals surface area contributed by atoms with Crippen molar-refractivity contribution in [2.75, 3.05) is 0 Å². The number of hydrogen-bond acceptors (Lipinski definition) is 0. The molecular formula is C6H9B. The molecule has 0 amide bonds. The smallest absolute Gasteiger partial charge is 0.0625 e. The molecule has 0 radical (unpaired) electrons. The summed E-state index contributed by atoms with van der Waals surface area (Å²) in [7, 11) is 0. The van der Waals surface area contributed by atoms with E-state index in [4.69, 9.17) is 0 Å². The molecule has 3 fully saturated rings. The minimum atomic E-state index is 1.24. The Morgan fingerprint density at radius 2 is 1.29 bits per heavy atom. The molecule has 0 bridgehead atoms. The Bertz CT molecular complexity index is 91.6. The predicted molar refractivity (Wildman–Crippen MR) is 30.9 cm³/mol. The maximum Gasteiger partial charge on any atom is 0.149 e. The van der Waals surface area contributed by atoms with Gasteiger partial charge in [-0.25, -0.2) is 0 Å². The second-order valence-electron chi connectivity index (χ2n) is 3.56. The summed E-state index contributed by atoms with van der Waals surface area (Å²) in [6.07, 6.45) is 4.84. The van der Waals surface area contributed by atoms with Gasteiger partial charge in [0, 0.05) is 0 Å². The van der Waals surface area contributed by atoms with Gasteiger partial charge in [-0.3, -0.25) is 0 Å². The maximum absolute atomic E-state index is 1.61. The molecule has 0 nitrogen and oxygen atoms in total. The summed E-state index contributed by atoms with van der Waals surface area (Å²) in [6, 6.07) is 0. The highest BCUT2D eigenvalue weighted by Gasteiger charge is 2.63. The Morgan fingerprint density at radius 1 is 0.857 bits per heavy atom. The van der Waals surface area contributed by atoms with Gasteiger partial charge in [0.1, 0.15) is 6.71 Å². The van der Waals surface area contributed by atoms with Crippen LogP contribution in [0.25, 0.3) is 0 Å². The van der Waals surface area contributed by atoms with Crippen molar-refractivity contribution in [2.24, 2.45) is 0 Å². The van der Waals surface area contributed by atoms with Crippen LogP contribution in [-0.4, -0.2) is 6.71 Å². The lowest BCUT2D eigenvalue weighted by molar-refractivity contribution is 0.316. The molecule has 0 spiro atoms. The molecule has 3 saturated heterocycles. The fourth-order valence-corrected chi connectivity index (χ4v) is 2.97. The van der Waals surface area contributed by atoms with Gasteiger partial charge in [-0.05, 0) is 0 Å². The van der Waals surface area contributed by atoms with Gasteiger partial charge in [0.2, 0.25) is 0 Å². The third-order valence-electron chi connectivity index (χ3n) is 3.45. The second-order valence-corrected chi connectivity index (χ2v) is 3.56. The molecule has 0 atom stereocenters. The molecule has 3 aliphatic rings. The largest absolute Gasteiger partial charge is 0.149 e. The summed E-state index contributed by atoms with van der Waals surface area (Å²) in [5.74, 6) is 3.72. The topological polar surface area (TPSA) is 0 Å². The van der Waals surface area contributed by atoms with Gasteiger partial charge in [0.15, 0.2) is 0 Å². The van der Waals surface area contributed by atoms with E-state index >= 15 is 0 Å². The van der Waals surface area contributed by atoms with E-state index in [1.165, 1.54) is 24.2 Å². The first-order valence-corrected chi connectivity index (χ1v) is 3.45. The van der Waals surface area contributed by atoms with Crippen molar-refractivity contribution in [1.29, 1.82) is 0 Å². The van der Waals surface area contributed by atoms with Crippen molar-refractivity contribution in [3.8, 4) is 0 Å². The quantitative estimate of drug-likeness (QED) is 0.399. The summed E-state index contributed by atoms with van der Waals surface area (Å²) in [5, 5.41) is 0. The fraction of sp³-hybridized carbons (Fsp3) is 1.00. The van der Waals surface area contributed by atoms with Gasteiger partial charge in [0.05, 0.1) is 0 Å². The monoisotopic (exact) mass is 92.1 g/mol. The average molecular weight is 91.9 g/mol. The van der Waals surface area contributed by atoms with Gasteiger partial charge in [-0.1, -0.05) is 36.7 Å². The first kappa shape index (κ1) is 3.16. The van der Waals surface area contributed by atoms with E-state index in [1.807, 2.05) is 0 Å². The zero-order chi connectivity index (χ0) is 4.43. The molecule has 0 aliphatic carbocycles. The van der Waals surface area contributed by atoms with E-state index in [-0.39, 0.29) is 0 Å². The van der Waals surface area contributed by atoms with Crippen LogP contribution in [0, 0.1) is 0 Å². The van der Waals surface area contributed by atoms with E-state index in [1.54, 1.807) is 19.3 Å². The van der Waals surface area contributed by atoms with Gasteiger partial charge in [-0.15, -0.1) is 0 Å².